The molecule has 19 heavy (non-hydrogen) atoms. The first-order valence-corrected chi connectivity index (χ1v) is 6.61. The van der Waals surface area contributed by atoms with Gasteiger partial charge in [0.2, 0.25) is 0 Å². The van der Waals surface area contributed by atoms with Crippen LogP contribution in [-0.2, 0) is 6.54 Å². The first-order chi connectivity index (χ1) is 9.13. The number of nitrogens with zero attached hydrogens (tertiary/aromatic N) is 1. The molecule has 0 N–H and O–H groups in total. The molecule has 0 bridgehead atoms. The van der Waals surface area contributed by atoms with Gasteiger partial charge in [0.1, 0.15) is 11.6 Å². The van der Waals surface area contributed by atoms with Gasteiger partial charge < -0.3 is 4.57 Å². The summed E-state index contributed by atoms with van der Waals surface area (Å²) in [6, 6.07) is 11.3. The van der Waals surface area contributed by atoms with Crippen molar-refractivity contribution < 1.29 is 8.78 Å². The van der Waals surface area contributed by atoms with Gasteiger partial charge in [-0.3, -0.25) is 0 Å². The second kappa shape index (κ2) is 4.78. The molecular formula is C15H10BrF2N. The Morgan fingerprint density at radius 1 is 1.00 bits per heavy atom. The van der Waals surface area contributed by atoms with Crippen molar-refractivity contribution in [3.63, 3.8) is 0 Å². The number of halogens is 3. The van der Waals surface area contributed by atoms with Crippen LogP contribution in [0.25, 0.3) is 10.9 Å². The van der Waals surface area contributed by atoms with Crippen molar-refractivity contribution in [3.05, 3.63) is 70.3 Å². The minimum Gasteiger partial charge on any atom is -0.343 e. The summed E-state index contributed by atoms with van der Waals surface area (Å²) in [6.45, 7) is 0.373. The van der Waals surface area contributed by atoms with Crippen molar-refractivity contribution in [1.29, 1.82) is 0 Å². The molecule has 0 spiro atoms. The van der Waals surface area contributed by atoms with Crippen LogP contribution in [0, 0.1) is 11.6 Å². The molecule has 3 rings (SSSR count). The van der Waals surface area contributed by atoms with E-state index in [0.29, 0.717) is 12.1 Å². The van der Waals surface area contributed by atoms with Gasteiger partial charge >= 0.3 is 0 Å². The minimum absolute atomic E-state index is 0.263. The molecule has 0 aliphatic carbocycles. The molecule has 1 aromatic heterocycles. The van der Waals surface area contributed by atoms with E-state index >= 15 is 0 Å². The Labute approximate surface area is 117 Å². The first-order valence-electron chi connectivity index (χ1n) is 5.82. The lowest BCUT2D eigenvalue weighted by Crippen LogP contribution is -2.00. The van der Waals surface area contributed by atoms with Crippen LogP contribution in [0.15, 0.2) is 53.1 Å². The average molecular weight is 322 g/mol. The number of hydrogen-bond acceptors (Lipinski definition) is 0. The van der Waals surface area contributed by atoms with Gasteiger partial charge in [0.05, 0.1) is 12.1 Å². The highest BCUT2D eigenvalue weighted by Gasteiger charge is 2.07. The fourth-order valence-electron chi connectivity index (χ4n) is 2.14. The van der Waals surface area contributed by atoms with Crippen LogP contribution < -0.4 is 0 Å². The zero-order valence-electron chi connectivity index (χ0n) is 9.91. The third-order valence-electron chi connectivity index (χ3n) is 3.08. The van der Waals surface area contributed by atoms with Crippen molar-refractivity contribution in [2.45, 2.75) is 6.54 Å². The second-order valence-corrected chi connectivity index (χ2v) is 5.30. The van der Waals surface area contributed by atoms with E-state index in [1.54, 1.807) is 18.2 Å². The van der Waals surface area contributed by atoms with Crippen molar-refractivity contribution in [3.8, 4) is 0 Å². The van der Waals surface area contributed by atoms with Crippen LogP contribution in [0.1, 0.15) is 5.56 Å². The van der Waals surface area contributed by atoms with Crippen LogP contribution in [0.2, 0.25) is 0 Å². The number of hydrogen-bond donors (Lipinski definition) is 0. The lowest BCUT2D eigenvalue weighted by atomic mass is 10.2. The van der Waals surface area contributed by atoms with Gasteiger partial charge in [0, 0.05) is 16.2 Å². The molecular weight excluding hydrogens is 312 g/mol. The van der Waals surface area contributed by atoms with Gasteiger partial charge in [0.15, 0.2) is 0 Å². The molecule has 2 aromatic carbocycles. The highest BCUT2D eigenvalue weighted by molar-refractivity contribution is 9.10. The number of rotatable bonds is 2. The summed E-state index contributed by atoms with van der Waals surface area (Å²) in [5, 5.41) is 0.941. The van der Waals surface area contributed by atoms with E-state index in [1.165, 1.54) is 18.2 Å². The zero-order valence-corrected chi connectivity index (χ0v) is 11.5. The van der Waals surface area contributed by atoms with E-state index in [2.05, 4.69) is 15.9 Å². The maximum atomic E-state index is 13.7. The fourth-order valence-corrected chi connectivity index (χ4v) is 2.55. The van der Waals surface area contributed by atoms with Crippen LogP contribution >= 0.6 is 15.9 Å². The van der Waals surface area contributed by atoms with Gasteiger partial charge in [-0.15, -0.1) is 0 Å². The van der Waals surface area contributed by atoms with E-state index in [-0.39, 0.29) is 11.6 Å². The second-order valence-electron chi connectivity index (χ2n) is 4.38. The molecule has 0 radical (unpaired) electrons. The average Bonchev–Trinajstić information content (AvgIpc) is 2.77. The molecule has 0 unspecified atom stereocenters. The van der Waals surface area contributed by atoms with Gasteiger partial charge in [-0.2, -0.15) is 0 Å². The molecule has 0 saturated heterocycles. The summed E-state index contributed by atoms with van der Waals surface area (Å²) in [7, 11) is 0. The summed E-state index contributed by atoms with van der Waals surface area (Å²) < 4.78 is 29.7. The summed E-state index contributed by atoms with van der Waals surface area (Å²) in [4.78, 5) is 0. The summed E-state index contributed by atoms with van der Waals surface area (Å²) in [5.41, 5.74) is 1.33. The van der Waals surface area contributed by atoms with E-state index in [9.17, 15) is 8.78 Å². The molecule has 3 aromatic rings. The van der Waals surface area contributed by atoms with Crippen molar-refractivity contribution in [2.24, 2.45) is 0 Å². The van der Waals surface area contributed by atoms with E-state index < -0.39 is 0 Å². The smallest absolute Gasteiger partial charge is 0.128 e. The first kappa shape index (κ1) is 12.4. The van der Waals surface area contributed by atoms with Crippen LogP contribution in [0.5, 0.6) is 0 Å². The molecule has 0 amide bonds. The quantitative estimate of drug-likeness (QED) is 0.643. The molecule has 0 saturated carbocycles. The molecule has 1 heterocycles. The molecule has 0 aliphatic rings. The minimum atomic E-state index is -0.290. The van der Waals surface area contributed by atoms with Gasteiger partial charge in [-0.05, 0) is 47.9 Å². The molecule has 0 fully saturated rings. The Balaban J connectivity index is 2.05. The molecule has 4 heteroatoms. The van der Waals surface area contributed by atoms with Crippen molar-refractivity contribution in [2.75, 3.05) is 0 Å². The van der Waals surface area contributed by atoms with E-state index in [1.807, 2.05) is 16.8 Å². The highest BCUT2D eigenvalue weighted by atomic mass is 79.9. The van der Waals surface area contributed by atoms with Crippen molar-refractivity contribution in [1.82, 2.24) is 4.57 Å². The molecule has 96 valence electrons. The van der Waals surface area contributed by atoms with E-state index in [0.717, 1.165) is 15.4 Å². The Morgan fingerprint density at radius 2 is 1.84 bits per heavy atom. The fraction of sp³-hybridized carbons (Fsp3) is 0.0667. The monoisotopic (exact) mass is 321 g/mol. The largest absolute Gasteiger partial charge is 0.343 e. The van der Waals surface area contributed by atoms with Crippen LogP contribution in [0.4, 0.5) is 8.78 Å². The van der Waals surface area contributed by atoms with Gasteiger partial charge in [-0.25, -0.2) is 8.78 Å². The Hall–Kier alpha value is -1.68. The van der Waals surface area contributed by atoms with Crippen LogP contribution in [-0.4, -0.2) is 4.57 Å². The normalized spacial score (nSPS) is 11.1. The standard InChI is InChI=1S/C15H10BrF2N/c16-12-2-4-14(18)11(7-12)9-19-6-5-10-1-3-13(17)8-15(10)19/h1-8H,9H2. The summed E-state index contributed by atoms with van der Waals surface area (Å²) in [6.07, 6.45) is 1.84. The maximum Gasteiger partial charge on any atom is 0.128 e. The zero-order chi connectivity index (χ0) is 13.4. The van der Waals surface area contributed by atoms with Crippen molar-refractivity contribution >= 4 is 26.8 Å². The van der Waals surface area contributed by atoms with E-state index in [4.69, 9.17) is 0 Å². The highest BCUT2D eigenvalue weighted by Crippen LogP contribution is 2.21. The summed E-state index contributed by atoms with van der Waals surface area (Å²) >= 11 is 3.33. The Morgan fingerprint density at radius 3 is 2.68 bits per heavy atom. The molecule has 0 atom stereocenters. The maximum absolute atomic E-state index is 13.7. The molecule has 0 aliphatic heterocycles. The lowest BCUT2D eigenvalue weighted by molar-refractivity contribution is 0.601. The number of fused-ring (bicyclic) bond motifs is 1. The number of aromatic nitrogens is 1. The molecule has 1 nitrogen and oxygen atoms in total. The Bertz CT molecular complexity index is 749. The van der Waals surface area contributed by atoms with Gasteiger partial charge in [0.25, 0.3) is 0 Å². The van der Waals surface area contributed by atoms with Crippen LogP contribution in [0.3, 0.4) is 0 Å². The SMILES string of the molecule is Fc1ccc2ccn(Cc3cc(Br)ccc3F)c2c1. The predicted octanol–water partition coefficient (Wildman–Crippen LogP) is 4.73. The third kappa shape index (κ3) is 2.40. The topological polar surface area (TPSA) is 4.93 Å². The predicted molar refractivity (Wildman–Crippen MR) is 75.1 cm³/mol. The lowest BCUT2D eigenvalue weighted by Gasteiger charge is -2.07. The third-order valence-corrected chi connectivity index (χ3v) is 3.58. The van der Waals surface area contributed by atoms with Gasteiger partial charge in [-0.1, -0.05) is 15.9 Å². The Kier molecular flexibility index (Phi) is 3.11. The number of benzene rings is 2. The summed E-state index contributed by atoms with van der Waals surface area (Å²) in [5.74, 6) is -0.552.